The fourth-order valence-electron chi connectivity index (χ4n) is 5.50. The summed E-state index contributed by atoms with van der Waals surface area (Å²) < 4.78 is 6.09. The predicted octanol–water partition coefficient (Wildman–Crippen LogP) is 5.40. The van der Waals surface area contributed by atoms with Crippen LogP contribution in [0.4, 0.5) is 0 Å². The number of carbonyl (C=O) groups excluding carboxylic acids is 2. The normalized spacial score (nSPS) is 35.4. The van der Waals surface area contributed by atoms with Crippen LogP contribution < -0.4 is 5.32 Å². The molecule has 0 unspecified atom stereocenters. The monoisotopic (exact) mass is 568 g/mol. The van der Waals surface area contributed by atoms with E-state index < -0.39 is 35.5 Å². The van der Waals surface area contributed by atoms with Gasteiger partial charge in [0.25, 0.3) is 0 Å². The maximum absolute atomic E-state index is 13.7. The molecule has 0 spiro atoms. The van der Waals surface area contributed by atoms with Gasteiger partial charge in [0.2, 0.25) is 5.91 Å². The van der Waals surface area contributed by atoms with Crippen LogP contribution in [0.15, 0.2) is 10.4 Å². The van der Waals surface area contributed by atoms with Crippen molar-refractivity contribution in [3.05, 3.63) is 21.1 Å². The summed E-state index contributed by atoms with van der Waals surface area (Å²) in [6, 6.07) is -0.505. The molecule has 2 aliphatic rings. The number of aromatic nitrogens is 1. The zero-order valence-electron chi connectivity index (χ0n) is 23.6. The van der Waals surface area contributed by atoms with Gasteiger partial charge in [0.15, 0.2) is 0 Å². The summed E-state index contributed by atoms with van der Waals surface area (Å²) in [5.74, 6) is -1.24. The lowest BCUT2D eigenvalue weighted by molar-refractivity contribution is -0.144. The fourth-order valence-corrected chi connectivity index (χ4v) is 6.33. The molecule has 3 heterocycles. The minimum absolute atomic E-state index is 0.0690. The van der Waals surface area contributed by atoms with Crippen LogP contribution in [0.25, 0.3) is 6.08 Å². The van der Waals surface area contributed by atoms with Gasteiger partial charge in [0.1, 0.15) is 5.78 Å². The van der Waals surface area contributed by atoms with Crippen molar-refractivity contribution in [3.63, 3.8) is 0 Å². The molecule has 1 aromatic rings. The number of rotatable bonds is 5. The average molecular weight is 569 g/mol. The molecular formula is C29H45ClN2O5S. The number of halogens is 1. The summed E-state index contributed by atoms with van der Waals surface area (Å²) in [7, 11) is 0. The summed E-state index contributed by atoms with van der Waals surface area (Å²) >= 11 is 8.25. The number of aliphatic hydroxyl groups is 2. The van der Waals surface area contributed by atoms with Crippen molar-refractivity contribution in [2.24, 2.45) is 17.3 Å². The number of ketones is 1. The Morgan fingerprint density at radius 1 is 1.32 bits per heavy atom. The summed E-state index contributed by atoms with van der Waals surface area (Å²) in [6.45, 7) is 11.4. The number of hydrogen-bond acceptors (Lipinski definition) is 7. The SMILES string of the molecule is CCCC[C@H]1C(=O)C(C)(C)[C@@H](O)CC(=O)N[C@H](/C(Cl)=C/c2csc(C)n2)C[C@@H]2O[C@]2(C)CCC[C@H](C)[C@@H]1O. The van der Waals surface area contributed by atoms with Crippen LogP contribution in [-0.4, -0.2) is 56.8 Å². The van der Waals surface area contributed by atoms with Gasteiger partial charge >= 0.3 is 0 Å². The van der Waals surface area contributed by atoms with Crippen molar-refractivity contribution in [3.8, 4) is 0 Å². The molecule has 0 bridgehead atoms. The third-order valence-electron chi connectivity index (χ3n) is 8.46. The first-order valence-electron chi connectivity index (χ1n) is 13.9. The van der Waals surface area contributed by atoms with E-state index in [1.165, 1.54) is 11.3 Å². The number of aryl methyl sites for hydroxylation is 1. The largest absolute Gasteiger partial charge is 0.392 e. The Kier molecular flexibility index (Phi) is 10.6. The van der Waals surface area contributed by atoms with Gasteiger partial charge < -0.3 is 20.3 Å². The van der Waals surface area contributed by atoms with Crippen molar-refractivity contribution in [2.45, 2.75) is 123 Å². The molecule has 7 nitrogen and oxygen atoms in total. The number of fused-ring (bicyclic) bond motifs is 1. The number of epoxide rings is 1. The van der Waals surface area contributed by atoms with E-state index in [1.54, 1.807) is 19.9 Å². The number of nitrogens with one attached hydrogen (secondary N) is 1. The molecule has 2 fully saturated rings. The second kappa shape index (κ2) is 12.9. The van der Waals surface area contributed by atoms with Gasteiger partial charge in [0, 0.05) is 22.8 Å². The molecular weight excluding hydrogens is 524 g/mol. The standard InChI is InChI=1S/C29H45ClN2O5S/c1-7-8-11-20-26(35)17(2)10-9-12-29(6)24(37-29)14-22(21(30)13-19-16-38-18(3)31-19)32-25(34)15-23(33)28(4,5)27(20)36/h13,16-17,20,22-24,26,33,35H,7-12,14-15H2,1-6H3,(H,32,34)/b21-13-/t17-,20+,22-,23-,24-,26-,29+/m0/s1. The highest BCUT2D eigenvalue weighted by Gasteiger charge is 2.52. The Labute approximate surface area is 236 Å². The van der Waals surface area contributed by atoms with E-state index in [1.807, 2.05) is 19.2 Å². The van der Waals surface area contributed by atoms with Crippen molar-refractivity contribution in [1.29, 1.82) is 0 Å². The van der Waals surface area contributed by atoms with E-state index in [-0.39, 0.29) is 29.8 Å². The van der Waals surface area contributed by atoms with Crippen molar-refractivity contribution in [2.75, 3.05) is 0 Å². The zero-order chi connectivity index (χ0) is 28.3. The van der Waals surface area contributed by atoms with Crippen LogP contribution in [-0.2, 0) is 14.3 Å². The lowest BCUT2D eigenvalue weighted by Gasteiger charge is -2.36. The highest BCUT2D eigenvalue weighted by atomic mass is 35.5. The molecule has 0 aliphatic carbocycles. The Hall–Kier alpha value is -1.32. The lowest BCUT2D eigenvalue weighted by atomic mass is 9.70. The van der Waals surface area contributed by atoms with E-state index >= 15 is 0 Å². The maximum Gasteiger partial charge on any atom is 0.223 e. The van der Waals surface area contributed by atoms with E-state index in [4.69, 9.17) is 16.3 Å². The van der Waals surface area contributed by atoms with Gasteiger partial charge in [-0.05, 0) is 45.1 Å². The van der Waals surface area contributed by atoms with Crippen molar-refractivity contribution < 1.29 is 24.5 Å². The van der Waals surface area contributed by atoms with Crippen LogP contribution in [0, 0.1) is 24.2 Å². The van der Waals surface area contributed by atoms with Crippen LogP contribution in [0.2, 0.25) is 0 Å². The van der Waals surface area contributed by atoms with Gasteiger partial charge in [-0.15, -0.1) is 11.3 Å². The van der Waals surface area contributed by atoms with Gasteiger partial charge in [-0.1, -0.05) is 58.6 Å². The highest BCUT2D eigenvalue weighted by molar-refractivity contribution is 7.09. The number of ether oxygens (including phenoxy) is 1. The number of aliphatic hydroxyl groups excluding tert-OH is 2. The third kappa shape index (κ3) is 7.66. The van der Waals surface area contributed by atoms with Gasteiger partial charge in [-0.2, -0.15) is 0 Å². The topological polar surface area (TPSA) is 112 Å². The first-order valence-corrected chi connectivity index (χ1v) is 15.2. The minimum Gasteiger partial charge on any atom is -0.392 e. The van der Waals surface area contributed by atoms with Crippen LogP contribution >= 0.6 is 22.9 Å². The highest BCUT2D eigenvalue weighted by Crippen LogP contribution is 2.45. The van der Waals surface area contributed by atoms with Crippen LogP contribution in [0.1, 0.15) is 96.7 Å². The second-order valence-corrected chi connectivity index (χ2v) is 13.5. The molecule has 38 heavy (non-hydrogen) atoms. The number of unbranched alkanes of at least 4 members (excludes halogenated alkanes) is 1. The minimum atomic E-state index is -1.21. The Morgan fingerprint density at radius 2 is 2.03 bits per heavy atom. The molecule has 0 saturated carbocycles. The van der Waals surface area contributed by atoms with Crippen LogP contribution in [0.3, 0.4) is 0 Å². The molecule has 214 valence electrons. The molecule has 1 amide bonds. The smallest absolute Gasteiger partial charge is 0.223 e. The van der Waals surface area contributed by atoms with E-state index in [9.17, 15) is 19.8 Å². The summed E-state index contributed by atoms with van der Waals surface area (Å²) in [4.78, 5) is 31.3. The zero-order valence-corrected chi connectivity index (χ0v) is 25.2. The Bertz CT molecular complexity index is 1010. The molecule has 7 atom stereocenters. The third-order valence-corrected chi connectivity index (χ3v) is 9.62. The Morgan fingerprint density at radius 3 is 2.66 bits per heavy atom. The maximum atomic E-state index is 13.7. The average Bonchev–Trinajstić information content (AvgIpc) is 3.29. The number of carbonyl (C=O) groups is 2. The van der Waals surface area contributed by atoms with Crippen molar-refractivity contribution in [1.82, 2.24) is 10.3 Å². The molecule has 9 heteroatoms. The van der Waals surface area contributed by atoms with E-state index in [0.29, 0.717) is 17.9 Å². The number of hydrogen-bond donors (Lipinski definition) is 3. The quantitative estimate of drug-likeness (QED) is 0.410. The van der Waals surface area contributed by atoms with Crippen molar-refractivity contribution >= 4 is 40.7 Å². The predicted molar refractivity (Wildman–Crippen MR) is 152 cm³/mol. The number of thiazole rings is 1. The number of nitrogens with zero attached hydrogens (tertiary/aromatic N) is 1. The molecule has 3 N–H and O–H groups in total. The molecule has 0 radical (unpaired) electrons. The molecule has 2 saturated heterocycles. The summed E-state index contributed by atoms with van der Waals surface area (Å²) in [6.07, 6.45) is 4.66. The molecule has 2 aliphatic heterocycles. The fraction of sp³-hybridized carbons (Fsp3) is 0.759. The number of Topliss-reactive ketones (excluding diaryl/α,β-unsaturated/α-hetero) is 1. The Balaban J connectivity index is 1.88. The van der Waals surface area contributed by atoms with E-state index in [0.717, 1.165) is 42.8 Å². The van der Waals surface area contributed by atoms with Gasteiger partial charge in [-0.25, -0.2) is 4.98 Å². The molecule has 3 rings (SSSR count). The van der Waals surface area contributed by atoms with E-state index in [2.05, 4.69) is 24.1 Å². The lowest BCUT2D eigenvalue weighted by Crippen LogP contribution is -2.48. The first-order chi connectivity index (χ1) is 17.8. The van der Waals surface area contributed by atoms with Gasteiger partial charge in [-0.3, -0.25) is 9.59 Å². The van der Waals surface area contributed by atoms with Crippen LogP contribution in [0.5, 0.6) is 0 Å². The first kappa shape index (κ1) is 31.2. The molecule has 1 aromatic heterocycles. The summed E-state index contributed by atoms with van der Waals surface area (Å²) in [5, 5.41) is 28.6. The number of amides is 1. The second-order valence-electron chi connectivity index (χ2n) is 12.0. The summed E-state index contributed by atoms with van der Waals surface area (Å²) in [5.41, 5.74) is -0.785. The van der Waals surface area contributed by atoms with Gasteiger partial charge in [0.05, 0.1) is 52.5 Å². The molecule has 0 aromatic carbocycles.